The molecule has 0 aromatic heterocycles. The number of ether oxygens (including phenoxy) is 3. The monoisotopic (exact) mass is 293 g/mol. The lowest BCUT2D eigenvalue weighted by Gasteiger charge is -2.11. The summed E-state index contributed by atoms with van der Waals surface area (Å²) in [7, 11) is 0. The van der Waals surface area contributed by atoms with Crippen LogP contribution in [0.15, 0.2) is 23.2 Å². The van der Waals surface area contributed by atoms with Crippen molar-refractivity contribution in [1.29, 1.82) is 0 Å². The summed E-state index contributed by atoms with van der Waals surface area (Å²) in [4.78, 5) is 4.08. The molecule has 7 heteroatoms. The number of fused-ring (bicyclic) bond motifs is 1. The minimum atomic E-state index is -0.713. The molecule has 1 aromatic carbocycles. The third-order valence-electron chi connectivity index (χ3n) is 3.19. The number of nitrogens with two attached hydrogens (primary N) is 1. The molecule has 1 aliphatic heterocycles. The van der Waals surface area contributed by atoms with Crippen molar-refractivity contribution in [3.8, 4) is 17.2 Å². The highest BCUT2D eigenvalue weighted by molar-refractivity contribution is 5.78. The van der Waals surface area contributed by atoms with Gasteiger partial charge >= 0.3 is 0 Å². The Hall–Kier alpha value is -2.15. The fourth-order valence-corrected chi connectivity index (χ4v) is 1.90. The lowest BCUT2D eigenvalue weighted by atomic mass is 10.3. The second-order valence-electron chi connectivity index (χ2n) is 5.12. The summed E-state index contributed by atoms with van der Waals surface area (Å²) in [5.74, 6) is 2.34. The van der Waals surface area contributed by atoms with Crippen molar-refractivity contribution in [3.05, 3.63) is 18.2 Å². The van der Waals surface area contributed by atoms with Crippen LogP contribution in [0.4, 0.5) is 0 Å². The average molecular weight is 293 g/mol. The molecule has 0 spiro atoms. The topological polar surface area (TPSA) is 98.3 Å². The Kier molecular flexibility index (Phi) is 4.01. The van der Waals surface area contributed by atoms with Gasteiger partial charge in [0.05, 0.1) is 6.54 Å². The summed E-state index contributed by atoms with van der Waals surface area (Å²) in [6.07, 6.45) is 1.55. The molecule has 7 nitrogen and oxygen atoms in total. The zero-order valence-electron chi connectivity index (χ0n) is 11.6. The first-order chi connectivity index (χ1) is 10.2. The van der Waals surface area contributed by atoms with Crippen LogP contribution >= 0.6 is 0 Å². The molecule has 0 amide bonds. The summed E-state index contributed by atoms with van der Waals surface area (Å²) >= 11 is 0. The zero-order valence-corrected chi connectivity index (χ0v) is 11.6. The number of guanidine groups is 1. The summed E-state index contributed by atoms with van der Waals surface area (Å²) in [6.45, 7) is 0.569. The van der Waals surface area contributed by atoms with Crippen LogP contribution < -0.4 is 25.3 Å². The van der Waals surface area contributed by atoms with Crippen LogP contribution in [0.5, 0.6) is 17.2 Å². The molecular weight excluding hydrogens is 274 g/mol. The van der Waals surface area contributed by atoms with Crippen LogP contribution in [0.25, 0.3) is 0 Å². The first-order valence-corrected chi connectivity index (χ1v) is 6.97. The first-order valence-electron chi connectivity index (χ1n) is 6.97. The third-order valence-corrected chi connectivity index (χ3v) is 3.19. The smallest absolute Gasteiger partial charge is 0.231 e. The minimum absolute atomic E-state index is 0.139. The first kappa shape index (κ1) is 13.8. The zero-order chi connectivity index (χ0) is 14.7. The van der Waals surface area contributed by atoms with Crippen LogP contribution in [0.3, 0.4) is 0 Å². The maximum atomic E-state index is 9.83. The van der Waals surface area contributed by atoms with Crippen molar-refractivity contribution in [2.45, 2.75) is 25.0 Å². The van der Waals surface area contributed by atoms with Crippen molar-refractivity contribution < 1.29 is 19.3 Å². The maximum absolute atomic E-state index is 9.83. The van der Waals surface area contributed by atoms with Gasteiger partial charge in [0.2, 0.25) is 6.79 Å². The van der Waals surface area contributed by atoms with E-state index in [1.807, 2.05) is 0 Å². The lowest BCUT2D eigenvalue weighted by molar-refractivity contribution is 0.114. The van der Waals surface area contributed by atoms with Crippen molar-refractivity contribution in [2.24, 2.45) is 10.7 Å². The normalized spacial score (nSPS) is 18.4. The standard InChI is InChI=1S/C14H19N3O4/c15-14(17-9-1-2-9)16-6-10(18)7-19-11-3-4-12-13(5-11)21-8-20-12/h3-5,9-10,18H,1-2,6-8H2,(H3,15,16,17). The van der Waals surface area contributed by atoms with Gasteiger partial charge in [-0.25, -0.2) is 0 Å². The van der Waals surface area contributed by atoms with E-state index in [-0.39, 0.29) is 19.9 Å². The van der Waals surface area contributed by atoms with E-state index in [0.29, 0.717) is 29.2 Å². The van der Waals surface area contributed by atoms with Crippen molar-refractivity contribution >= 4 is 5.96 Å². The molecule has 1 aliphatic carbocycles. The number of aliphatic hydroxyl groups excluding tert-OH is 1. The Morgan fingerprint density at radius 1 is 1.43 bits per heavy atom. The van der Waals surface area contributed by atoms with Crippen LogP contribution in [-0.2, 0) is 0 Å². The largest absolute Gasteiger partial charge is 0.491 e. The maximum Gasteiger partial charge on any atom is 0.231 e. The van der Waals surface area contributed by atoms with Gasteiger partial charge in [0, 0.05) is 12.1 Å². The number of benzene rings is 1. The Morgan fingerprint density at radius 2 is 2.24 bits per heavy atom. The summed E-state index contributed by atoms with van der Waals surface area (Å²) in [6, 6.07) is 5.74. The van der Waals surface area contributed by atoms with E-state index in [1.165, 1.54) is 0 Å². The molecule has 2 aliphatic rings. The number of aliphatic hydroxyl groups is 1. The molecule has 1 unspecified atom stereocenters. The Morgan fingerprint density at radius 3 is 3.05 bits per heavy atom. The average Bonchev–Trinajstić information content (AvgIpc) is 3.16. The molecule has 21 heavy (non-hydrogen) atoms. The lowest BCUT2D eigenvalue weighted by Crippen LogP contribution is -2.34. The fourth-order valence-electron chi connectivity index (χ4n) is 1.90. The van der Waals surface area contributed by atoms with Gasteiger partial charge in [-0.15, -0.1) is 0 Å². The van der Waals surface area contributed by atoms with Gasteiger partial charge in [-0.2, -0.15) is 0 Å². The summed E-state index contributed by atoms with van der Waals surface area (Å²) in [5, 5.41) is 12.9. The predicted molar refractivity (Wildman–Crippen MR) is 76.7 cm³/mol. The van der Waals surface area contributed by atoms with E-state index in [1.54, 1.807) is 18.2 Å². The van der Waals surface area contributed by atoms with E-state index in [9.17, 15) is 5.11 Å². The molecular formula is C14H19N3O4. The fraction of sp³-hybridized carbons (Fsp3) is 0.500. The van der Waals surface area contributed by atoms with Gasteiger partial charge in [0.1, 0.15) is 18.5 Å². The third kappa shape index (κ3) is 3.91. The molecule has 0 radical (unpaired) electrons. The van der Waals surface area contributed by atoms with E-state index in [4.69, 9.17) is 19.9 Å². The highest BCUT2D eigenvalue weighted by atomic mass is 16.7. The number of nitrogens with one attached hydrogen (secondary N) is 1. The SMILES string of the molecule is NC(=NCC(O)COc1ccc2c(c1)OCO2)NC1CC1. The number of hydrogen-bond acceptors (Lipinski definition) is 5. The van der Waals surface area contributed by atoms with Gasteiger partial charge in [0.25, 0.3) is 0 Å². The number of hydrogen-bond donors (Lipinski definition) is 3. The Bertz CT molecular complexity index is 531. The van der Waals surface area contributed by atoms with E-state index in [0.717, 1.165) is 12.8 Å². The molecule has 0 bridgehead atoms. The van der Waals surface area contributed by atoms with Crippen molar-refractivity contribution in [3.63, 3.8) is 0 Å². The highest BCUT2D eigenvalue weighted by Gasteiger charge is 2.21. The van der Waals surface area contributed by atoms with E-state index in [2.05, 4.69) is 10.3 Å². The van der Waals surface area contributed by atoms with Crippen molar-refractivity contribution in [1.82, 2.24) is 5.32 Å². The quantitative estimate of drug-likeness (QED) is 0.513. The van der Waals surface area contributed by atoms with Crippen LogP contribution in [0.2, 0.25) is 0 Å². The number of rotatable bonds is 6. The van der Waals surface area contributed by atoms with Gasteiger partial charge in [-0.05, 0) is 25.0 Å². The van der Waals surface area contributed by atoms with E-state index < -0.39 is 6.10 Å². The molecule has 1 aromatic rings. The molecule has 114 valence electrons. The second-order valence-corrected chi connectivity index (χ2v) is 5.12. The second kappa shape index (κ2) is 6.09. The summed E-state index contributed by atoms with van der Waals surface area (Å²) in [5.41, 5.74) is 5.69. The van der Waals surface area contributed by atoms with Gasteiger partial charge in [-0.3, -0.25) is 4.99 Å². The molecule has 1 fully saturated rings. The molecule has 1 atom stereocenters. The summed E-state index contributed by atoms with van der Waals surface area (Å²) < 4.78 is 16.0. The molecule has 1 saturated carbocycles. The van der Waals surface area contributed by atoms with Crippen molar-refractivity contribution in [2.75, 3.05) is 19.9 Å². The molecule has 0 saturated heterocycles. The minimum Gasteiger partial charge on any atom is -0.491 e. The highest BCUT2D eigenvalue weighted by Crippen LogP contribution is 2.35. The number of nitrogens with zero attached hydrogens (tertiary/aromatic N) is 1. The van der Waals surface area contributed by atoms with Crippen LogP contribution in [0, 0.1) is 0 Å². The van der Waals surface area contributed by atoms with Crippen LogP contribution in [0.1, 0.15) is 12.8 Å². The molecule has 3 rings (SSSR count). The predicted octanol–water partition coefficient (Wildman–Crippen LogP) is 0.222. The molecule has 4 N–H and O–H groups in total. The van der Waals surface area contributed by atoms with Gasteiger partial charge in [-0.1, -0.05) is 0 Å². The number of aliphatic imine (C=N–C) groups is 1. The van der Waals surface area contributed by atoms with Gasteiger partial charge < -0.3 is 30.4 Å². The van der Waals surface area contributed by atoms with E-state index >= 15 is 0 Å². The Balaban J connectivity index is 1.43. The Labute approximate surface area is 122 Å². The van der Waals surface area contributed by atoms with Crippen LogP contribution in [-0.4, -0.2) is 43.2 Å². The molecule has 1 heterocycles. The van der Waals surface area contributed by atoms with Gasteiger partial charge in [0.15, 0.2) is 17.5 Å².